The van der Waals surface area contributed by atoms with Crippen molar-refractivity contribution in [3.05, 3.63) is 82.8 Å². The van der Waals surface area contributed by atoms with Crippen LogP contribution in [0.15, 0.2) is 71.3 Å². The summed E-state index contributed by atoms with van der Waals surface area (Å²) in [6.07, 6.45) is 0.641. The molecule has 0 fully saturated rings. The number of nitrogens with zero attached hydrogens (tertiary/aromatic N) is 1. The topological polar surface area (TPSA) is 80.3 Å². The molecular formula is C21H17BrFN3O3. The first-order chi connectivity index (χ1) is 13.9. The Morgan fingerprint density at radius 2 is 1.79 bits per heavy atom. The number of carbonyl (C=O) groups is 2. The van der Waals surface area contributed by atoms with E-state index >= 15 is 0 Å². The molecule has 0 aliphatic carbocycles. The zero-order valence-electron chi connectivity index (χ0n) is 15.4. The molecule has 1 unspecified atom stereocenters. The van der Waals surface area contributed by atoms with Crippen LogP contribution < -0.4 is 15.4 Å². The quantitative estimate of drug-likeness (QED) is 0.564. The maximum absolute atomic E-state index is 13.7. The third kappa shape index (κ3) is 5.61. The lowest BCUT2D eigenvalue weighted by atomic mass is 10.2. The van der Waals surface area contributed by atoms with Crippen molar-refractivity contribution in [2.24, 2.45) is 0 Å². The molecule has 2 aromatic carbocycles. The van der Waals surface area contributed by atoms with E-state index in [0.717, 1.165) is 10.5 Å². The van der Waals surface area contributed by atoms with E-state index in [1.807, 2.05) is 0 Å². The van der Waals surface area contributed by atoms with Crippen LogP contribution in [0, 0.1) is 5.82 Å². The van der Waals surface area contributed by atoms with Crippen LogP contribution in [-0.2, 0) is 4.79 Å². The maximum atomic E-state index is 13.7. The minimum Gasteiger partial charge on any atom is -0.481 e. The standard InChI is InChI=1S/C21H17BrFN3O3/c1-13(29-16-8-5-14(22)6-9-16)20(27)26-19-12-15(23)7-10-17(19)25-21(28)18-4-2-3-11-24-18/h2-13H,1H3,(H,25,28)(H,26,27). The van der Waals surface area contributed by atoms with Gasteiger partial charge in [-0.25, -0.2) is 4.39 Å². The van der Waals surface area contributed by atoms with Crippen molar-refractivity contribution in [2.45, 2.75) is 13.0 Å². The average Bonchev–Trinajstić information content (AvgIpc) is 2.72. The summed E-state index contributed by atoms with van der Waals surface area (Å²) in [4.78, 5) is 28.8. The molecular weight excluding hydrogens is 441 g/mol. The average molecular weight is 458 g/mol. The second-order valence-corrected chi connectivity index (χ2v) is 6.98. The van der Waals surface area contributed by atoms with E-state index in [0.29, 0.717) is 5.75 Å². The van der Waals surface area contributed by atoms with Crippen LogP contribution in [0.2, 0.25) is 0 Å². The van der Waals surface area contributed by atoms with E-state index < -0.39 is 23.7 Å². The van der Waals surface area contributed by atoms with Crippen molar-refractivity contribution in [2.75, 3.05) is 10.6 Å². The molecule has 1 aromatic heterocycles. The fourth-order valence-electron chi connectivity index (χ4n) is 2.42. The van der Waals surface area contributed by atoms with E-state index in [1.165, 1.54) is 18.3 Å². The molecule has 148 valence electrons. The summed E-state index contributed by atoms with van der Waals surface area (Å²) >= 11 is 3.33. The number of amides is 2. The van der Waals surface area contributed by atoms with Gasteiger partial charge in [-0.05, 0) is 61.5 Å². The number of pyridine rings is 1. The molecule has 0 spiro atoms. The summed E-state index contributed by atoms with van der Waals surface area (Å²) in [5, 5.41) is 5.22. The van der Waals surface area contributed by atoms with E-state index in [4.69, 9.17) is 4.74 Å². The fraction of sp³-hybridized carbons (Fsp3) is 0.0952. The molecule has 3 rings (SSSR count). The van der Waals surface area contributed by atoms with Gasteiger partial charge in [-0.15, -0.1) is 0 Å². The van der Waals surface area contributed by atoms with Crippen LogP contribution >= 0.6 is 15.9 Å². The summed E-state index contributed by atoms with van der Waals surface area (Å²) in [5.74, 6) is -1.02. The van der Waals surface area contributed by atoms with Crippen LogP contribution in [0.25, 0.3) is 0 Å². The third-order valence-electron chi connectivity index (χ3n) is 3.88. The van der Waals surface area contributed by atoms with Gasteiger partial charge in [0.1, 0.15) is 17.3 Å². The Hall–Kier alpha value is -3.26. The summed E-state index contributed by atoms with van der Waals surface area (Å²) in [7, 11) is 0. The largest absolute Gasteiger partial charge is 0.481 e. The summed E-state index contributed by atoms with van der Waals surface area (Å²) < 4.78 is 20.2. The van der Waals surface area contributed by atoms with Gasteiger partial charge < -0.3 is 15.4 Å². The Morgan fingerprint density at radius 1 is 1.03 bits per heavy atom. The van der Waals surface area contributed by atoms with Crippen LogP contribution in [0.4, 0.5) is 15.8 Å². The van der Waals surface area contributed by atoms with Crippen molar-refractivity contribution >= 4 is 39.1 Å². The van der Waals surface area contributed by atoms with Crippen molar-refractivity contribution in [1.82, 2.24) is 4.98 Å². The molecule has 6 nitrogen and oxygen atoms in total. The molecule has 0 saturated heterocycles. The third-order valence-corrected chi connectivity index (χ3v) is 4.41. The van der Waals surface area contributed by atoms with E-state index in [9.17, 15) is 14.0 Å². The van der Waals surface area contributed by atoms with Gasteiger partial charge >= 0.3 is 0 Å². The van der Waals surface area contributed by atoms with Crippen molar-refractivity contribution in [3.8, 4) is 5.75 Å². The number of hydrogen-bond donors (Lipinski definition) is 2. The first kappa shape index (κ1) is 20.5. The van der Waals surface area contributed by atoms with Gasteiger partial charge in [0, 0.05) is 10.7 Å². The zero-order chi connectivity index (χ0) is 20.8. The van der Waals surface area contributed by atoms with Crippen LogP contribution in [0.5, 0.6) is 5.75 Å². The predicted molar refractivity (Wildman–Crippen MR) is 111 cm³/mol. The number of carbonyl (C=O) groups excluding carboxylic acids is 2. The van der Waals surface area contributed by atoms with Crippen molar-refractivity contribution < 1.29 is 18.7 Å². The van der Waals surface area contributed by atoms with Gasteiger partial charge in [0.25, 0.3) is 11.8 Å². The number of rotatable bonds is 6. The molecule has 0 aliphatic rings. The monoisotopic (exact) mass is 457 g/mol. The highest BCUT2D eigenvalue weighted by atomic mass is 79.9. The van der Waals surface area contributed by atoms with Crippen molar-refractivity contribution in [3.63, 3.8) is 0 Å². The van der Waals surface area contributed by atoms with Gasteiger partial charge in [0.15, 0.2) is 6.10 Å². The molecule has 3 aromatic rings. The second-order valence-electron chi connectivity index (χ2n) is 6.06. The second kappa shape index (κ2) is 9.29. The highest BCUT2D eigenvalue weighted by Crippen LogP contribution is 2.24. The molecule has 0 bridgehead atoms. The molecule has 2 amide bonds. The number of ether oxygens (including phenoxy) is 1. The first-order valence-electron chi connectivity index (χ1n) is 8.67. The molecule has 0 aliphatic heterocycles. The van der Waals surface area contributed by atoms with E-state index in [2.05, 4.69) is 31.5 Å². The molecule has 2 N–H and O–H groups in total. The minimum atomic E-state index is -0.848. The Morgan fingerprint density at radius 3 is 2.48 bits per heavy atom. The van der Waals surface area contributed by atoms with Gasteiger partial charge in [0.2, 0.25) is 0 Å². The molecule has 8 heteroatoms. The number of anilines is 2. The smallest absolute Gasteiger partial charge is 0.274 e. The molecule has 0 radical (unpaired) electrons. The highest BCUT2D eigenvalue weighted by molar-refractivity contribution is 9.10. The van der Waals surface area contributed by atoms with Gasteiger partial charge in [-0.3, -0.25) is 14.6 Å². The Labute approximate surface area is 175 Å². The summed E-state index contributed by atoms with van der Waals surface area (Å²) in [5.41, 5.74) is 0.554. The number of hydrogen-bond acceptors (Lipinski definition) is 4. The minimum absolute atomic E-state index is 0.116. The lowest BCUT2D eigenvalue weighted by Gasteiger charge is -2.17. The van der Waals surface area contributed by atoms with Crippen LogP contribution in [0.1, 0.15) is 17.4 Å². The number of halogens is 2. The molecule has 29 heavy (non-hydrogen) atoms. The predicted octanol–water partition coefficient (Wildman–Crippen LogP) is 4.64. The lowest BCUT2D eigenvalue weighted by molar-refractivity contribution is -0.122. The normalized spacial score (nSPS) is 11.4. The van der Waals surface area contributed by atoms with E-state index in [1.54, 1.807) is 49.4 Å². The van der Waals surface area contributed by atoms with Crippen LogP contribution in [-0.4, -0.2) is 22.9 Å². The van der Waals surface area contributed by atoms with Gasteiger partial charge in [-0.1, -0.05) is 22.0 Å². The van der Waals surface area contributed by atoms with Gasteiger partial charge in [0.05, 0.1) is 11.4 Å². The SMILES string of the molecule is CC(Oc1ccc(Br)cc1)C(=O)Nc1cc(F)ccc1NC(=O)c1ccccn1. The van der Waals surface area contributed by atoms with E-state index in [-0.39, 0.29) is 17.1 Å². The Bertz CT molecular complexity index is 1010. The maximum Gasteiger partial charge on any atom is 0.274 e. The summed E-state index contributed by atoms with van der Waals surface area (Å²) in [6, 6.07) is 15.6. The molecule has 1 heterocycles. The lowest BCUT2D eigenvalue weighted by Crippen LogP contribution is -2.30. The van der Waals surface area contributed by atoms with Crippen molar-refractivity contribution in [1.29, 1.82) is 0 Å². The number of nitrogens with one attached hydrogen (secondary N) is 2. The van der Waals surface area contributed by atoms with Crippen LogP contribution in [0.3, 0.4) is 0 Å². The fourth-order valence-corrected chi connectivity index (χ4v) is 2.68. The first-order valence-corrected chi connectivity index (χ1v) is 9.46. The highest BCUT2D eigenvalue weighted by Gasteiger charge is 2.18. The Balaban J connectivity index is 1.72. The molecule has 0 saturated carbocycles. The Kier molecular flexibility index (Phi) is 6.56. The van der Waals surface area contributed by atoms with Gasteiger partial charge in [-0.2, -0.15) is 0 Å². The zero-order valence-corrected chi connectivity index (χ0v) is 16.9. The molecule has 1 atom stereocenters. The number of aromatic nitrogens is 1. The summed E-state index contributed by atoms with van der Waals surface area (Å²) in [6.45, 7) is 1.57. The number of benzene rings is 2.